The van der Waals surface area contributed by atoms with Gasteiger partial charge in [-0.25, -0.2) is 0 Å². The van der Waals surface area contributed by atoms with E-state index in [4.69, 9.17) is 0 Å². The second kappa shape index (κ2) is 11.8. The Morgan fingerprint density at radius 1 is 1.00 bits per heavy atom. The van der Waals surface area contributed by atoms with Crippen LogP contribution in [0.5, 0.6) is 0 Å². The minimum atomic E-state index is -1.54. The fraction of sp³-hybridized carbons (Fsp3) is 0.565. The van der Waals surface area contributed by atoms with Crippen LogP contribution in [0.1, 0.15) is 42.9 Å². The van der Waals surface area contributed by atoms with E-state index in [2.05, 4.69) is 91.1 Å². The molecular formula is C23H33Cl3SiTi. The van der Waals surface area contributed by atoms with Crippen molar-refractivity contribution in [1.29, 1.82) is 0 Å². The van der Waals surface area contributed by atoms with E-state index < -0.39 is 8.07 Å². The molecule has 0 saturated heterocycles. The van der Waals surface area contributed by atoms with Crippen molar-refractivity contribution in [1.82, 2.24) is 0 Å². The number of benzene rings is 1. The van der Waals surface area contributed by atoms with Gasteiger partial charge in [-0.15, -0.1) is 0 Å². The maximum absolute atomic E-state index is 2.72. The topological polar surface area (TPSA) is 0 Å². The van der Waals surface area contributed by atoms with E-state index in [0.717, 1.165) is 21.6 Å². The van der Waals surface area contributed by atoms with Gasteiger partial charge in [0.1, 0.15) is 0 Å². The fourth-order valence-electron chi connectivity index (χ4n) is 5.78. The van der Waals surface area contributed by atoms with Gasteiger partial charge in [-0.2, -0.15) is 0 Å². The molecule has 28 heavy (non-hydrogen) atoms. The van der Waals surface area contributed by atoms with Crippen LogP contribution in [0.25, 0.3) is 0 Å². The van der Waals surface area contributed by atoms with Crippen LogP contribution in [0.4, 0.5) is 0 Å². The maximum atomic E-state index is 2.72. The average Bonchev–Trinajstić information content (AvgIpc) is 2.90. The maximum Gasteiger partial charge on any atom is -1.00 e. The molecule has 154 valence electrons. The van der Waals surface area contributed by atoms with Gasteiger partial charge in [0.05, 0.1) is 0 Å². The Morgan fingerprint density at radius 2 is 1.57 bits per heavy atom. The summed E-state index contributed by atoms with van der Waals surface area (Å²) in [5.74, 6) is 1.55. The Hall–Kier alpha value is 0.501. The third-order valence-corrected chi connectivity index (χ3v) is 14.1. The van der Waals surface area contributed by atoms with Crippen LogP contribution in [0.3, 0.4) is 0 Å². The van der Waals surface area contributed by atoms with Crippen LogP contribution in [-0.4, -0.2) is 8.07 Å². The number of halogens is 3. The molecule has 0 N–H and O–H groups in total. The second-order valence-corrected chi connectivity index (χ2v) is 14.3. The summed E-state index contributed by atoms with van der Waals surface area (Å²) >= 11 is 2.55. The minimum absolute atomic E-state index is 0. The molecule has 1 fully saturated rings. The Kier molecular flexibility index (Phi) is 12.0. The zero-order valence-electron chi connectivity index (χ0n) is 17.7. The third kappa shape index (κ3) is 5.40. The fourth-order valence-corrected chi connectivity index (χ4v) is 14.1. The molecule has 2 aliphatic carbocycles. The van der Waals surface area contributed by atoms with Gasteiger partial charge in [0.25, 0.3) is 0 Å². The average molecular weight is 492 g/mol. The predicted octanol–water partition coefficient (Wildman–Crippen LogP) is -2.82. The molecular weight excluding hydrogens is 459 g/mol. The molecule has 0 aliphatic heterocycles. The van der Waals surface area contributed by atoms with Gasteiger partial charge in [0.15, 0.2) is 0 Å². The molecule has 0 heterocycles. The molecule has 3 rings (SSSR count). The van der Waals surface area contributed by atoms with E-state index in [1.165, 1.54) is 30.9 Å². The molecule has 0 nitrogen and oxygen atoms in total. The molecule has 1 saturated carbocycles. The Balaban J connectivity index is 0.00000243. The molecule has 0 spiro atoms. The van der Waals surface area contributed by atoms with E-state index in [1.54, 1.807) is 16.3 Å². The number of hydrogen-bond donors (Lipinski definition) is 0. The van der Waals surface area contributed by atoms with Crippen LogP contribution in [-0.2, 0) is 20.4 Å². The van der Waals surface area contributed by atoms with Crippen LogP contribution < -0.4 is 42.4 Å². The van der Waals surface area contributed by atoms with Crippen molar-refractivity contribution in [2.75, 3.05) is 0 Å². The second-order valence-electron chi connectivity index (χ2n) is 8.67. The minimum Gasteiger partial charge on any atom is -1.00 e. The van der Waals surface area contributed by atoms with Gasteiger partial charge in [-0.3, -0.25) is 0 Å². The van der Waals surface area contributed by atoms with Crippen LogP contribution >= 0.6 is 0 Å². The number of rotatable bonds is 5. The van der Waals surface area contributed by atoms with Crippen molar-refractivity contribution in [2.24, 2.45) is 11.8 Å². The van der Waals surface area contributed by atoms with Gasteiger partial charge in [-0.1, -0.05) is 0 Å². The standard InChI is InChI=1S/C23H33Si.3ClH.Ti/c1-6-7-12-24(5,23-18(3)13-17(2)14-19(23)4)22-15-20-10-8-9-11-21(20)16-22;;;;/h8-11,13-15,20-22H,6-7,12,16H2,1-5H3;3*1H;/q;;;;+3/p-3. The van der Waals surface area contributed by atoms with Crippen LogP contribution in [0, 0.1) is 32.6 Å². The van der Waals surface area contributed by atoms with E-state index in [1.807, 2.05) is 0 Å². The smallest absolute Gasteiger partial charge is 1.00 e. The van der Waals surface area contributed by atoms with Gasteiger partial charge < -0.3 is 37.2 Å². The van der Waals surface area contributed by atoms with Crippen molar-refractivity contribution in [3.05, 3.63) is 53.1 Å². The van der Waals surface area contributed by atoms with Gasteiger partial charge >= 0.3 is 168 Å². The van der Waals surface area contributed by atoms with Crippen LogP contribution in [0.2, 0.25) is 22.4 Å². The summed E-state index contributed by atoms with van der Waals surface area (Å²) in [6, 6.07) is 6.33. The number of allylic oxidation sites excluding steroid dienone is 4. The normalized spacial score (nSPS) is 27.1. The number of hydrogen-bond acceptors (Lipinski definition) is 0. The molecule has 1 aromatic carbocycles. The van der Waals surface area contributed by atoms with Crippen molar-refractivity contribution in [3.63, 3.8) is 0 Å². The zero-order chi connectivity index (χ0) is 18.2. The summed E-state index contributed by atoms with van der Waals surface area (Å²) in [4.78, 5) is 0. The number of fused-ring (bicyclic) bond motifs is 1. The van der Waals surface area contributed by atoms with E-state index in [9.17, 15) is 0 Å². The molecule has 5 heteroatoms. The molecule has 0 amide bonds. The summed E-state index contributed by atoms with van der Waals surface area (Å²) in [6.45, 7) is 12.1. The Labute approximate surface area is 204 Å². The first kappa shape index (κ1) is 28.5. The summed E-state index contributed by atoms with van der Waals surface area (Å²) in [5, 5.41) is 1.79. The quantitative estimate of drug-likeness (QED) is 0.390. The summed E-state index contributed by atoms with van der Waals surface area (Å²) < 4.78 is 0.819. The Morgan fingerprint density at radius 3 is 2.11 bits per heavy atom. The molecule has 5 atom stereocenters. The van der Waals surface area contributed by atoms with Crippen molar-refractivity contribution in [2.45, 2.75) is 69.3 Å². The summed E-state index contributed by atoms with van der Waals surface area (Å²) in [6.07, 6.45) is 13.7. The first-order valence-corrected chi connectivity index (χ1v) is 13.7. The first-order chi connectivity index (χ1) is 11.9. The molecule has 0 aromatic heterocycles. The van der Waals surface area contributed by atoms with E-state index in [-0.39, 0.29) is 37.2 Å². The van der Waals surface area contributed by atoms with Gasteiger partial charge in [0.2, 0.25) is 0 Å². The molecule has 0 bridgehead atoms. The molecule has 1 aromatic rings. The van der Waals surface area contributed by atoms with Crippen molar-refractivity contribution >= 4 is 13.3 Å². The van der Waals surface area contributed by atoms with Crippen molar-refractivity contribution < 1.29 is 57.7 Å². The Bertz CT molecular complexity index is 680. The molecule has 2 aliphatic rings. The number of aryl methyl sites for hydroxylation is 3. The van der Waals surface area contributed by atoms with Gasteiger partial charge in [-0.05, 0) is 0 Å². The largest absolute Gasteiger partial charge is 1.00 e. The van der Waals surface area contributed by atoms with Crippen molar-refractivity contribution in [3.8, 4) is 0 Å². The van der Waals surface area contributed by atoms with Gasteiger partial charge in [0, 0.05) is 0 Å². The van der Waals surface area contributed by atoms with E-state index >= 15 is 0 Å². The first-order valence-electron chi connectivity index (χ1n) is 10.0. The predicted molar refractivity (Wildman–Crippen MR) is 109 cm³/mol. The summed E-state index contributed by atoms with van der Waals surface area (Å²) in [5.41, 5.74) is 5.46. The molecule has 5 unspecified atom stereocenters. The van der Waals surface area contributed by atoms with Crippen LogP contribution in [0.15, 0.2) is 36.4 Å². The number of unbranched alkanes of at least 4 members (excludes halogenated alkanes) is 1. The molecule has 0 radical (unpaired) electrons. The zero-order valence-corrected chi connectivity index (χ0v) is 22.6. The monoisotopic (exact) mass is 490 g/mol. The van der Waals surface area contributed by atoms with E-state index in [0.29, 0.717) is 0 Å². The summed E-state index contributed by atoms with van der Waals surface area (Å²) in [7, 11) is -1.54. The SMILES string of the molecule is CCCC[Si](C)(c1c(C)cc(C)cc1C)C1CC2C=CC=CC2[CH]1[Ti+3].[Cl-].[Cl-].[Cl-]. The third-order valence-electron chi connectivity index (χ3n) is 6.79.